The highest BCUT2D eigenvalue weighted by Gasteiger charge is 2.26. The van der Waals surface area contributed by atoms with Crippen LogP contribution in [0.5, 0.6) is 5.75 Å². The number of anilines is 1. The summed E-state index contributed by atoms with van der Waals surface area (Å²) in [6.45, 7) is 5.29. The molecule has 1 aliphatic rings. The Labute approximate surface area is 159 Å². The molecular formula is C18H26ClN3O4. The van der Waals surface area contributed by atoms with Crippen molar-refractivity contribution >= 4 is 29.1 Å². The molecule has 0 aromatic heterocycles. The Balaban J connectivity index is 1.87. The van der Waals surface area contributed by atoms with Crippen molar-refractivity contribution in [2.45, 2.75) is 26.1 Å². The predicted molar refractivity (Wildman–Crippen MR) is 101 cm³/mol. The van der Waals surface area contributed by atoms with E-state index in [0.29, 0.717) is 29.5 Å². The number of amides is 2. The third kappa shape index (κ3) is 5.86. The largest absolute Gasteiger partial charge is 0.495 e. The van der Waals surface area contributed by atoms with E-state index in [1.54, 1.807) is 35.0 Å². The molecular weight excluding hydrogens is 358 g/mol. The number of hydrogen-bond acceptors (Lipinski definition) is 5. The van der Waals surface area contributed by atoms with Gasteiger partial charge in [-0.2, -0.15) is 0 Å². The highest BCUT2D eigenvalue weighted by Crippen LogP contribution is 2.27. The Hall–Kier alpha value is -1.83. The molecule has 8 heteroatoms. The molecule has 2 rings (SSSR count). The standard InChI is InChI=1S/C18H26ClN3O4/c1-12-8-22(9-13(2)26-12)18(24)11-21(3)10-17(23)20-15-7-14(19)5-6-16(15)25-4/h5-7,12-13H,8-11H2,1-4H3,(H,20,23)/t12-,13-/m0/s1. The van der Waals surface area contributed by atoms with Gasteiger partial charge in [-0.3, -0.25) is 14.5 Å². The van der Waals surface area contributed by atoms with Crippen molar-refractivity contribution in [2.24, 2.45) is 0 Å². The van der Waals surface area contributed by atoms with Crippen molar-refractivity contribution in [2.75, 3.05) is 45.7 Å². The van der Waals surface area contributed by atoms with Gasteiger partial charge in [-0.25, -0.2) is 0 Å². The highest BCUT2D eigenvalue weighted by molar-refractivity contribution is 6.31. The van der Waals surface area contributed by atoms with Crippen LogP contribution in [-0.2, 0) is 14.3 Å². The first-order valence-electron chi connectivity index (χ1n) is 8.53. The van der Waals surface area contributed by atoms with Crippen molar-refractivity contribution in [3.05, 3.63) is 23.2 Å². The van der Waals surface area contributed by atoms with Gasteiger partial charge in [0.25, 0.3) is 0 Å². The van der Waals surface area contributed by atoms with E-state index in [0.717, 1.165) is 0 Å². The maximum Gasteiger partial charge on any atom is 0.238 e. The van der Waals surface area contributed by atoms with Gasteiger partial charge in [0.05, 0.1) is 38.1 Å². The number of nitrogens with zero attached hydrogens (tertiary/aromatic N) is 2. The Morgan fingerprint density at radius 1 is 1.31 bits per heavy atom. The van der Waals surface area contributed by atoms with Crippen LogP contribution < -0.4 is 10.1 Å². The van der Waals surface area contributed by atoms with Crippen LogP contribution >= 0.6 is 11.6 Å². The zero-order valence-electron chi connectivity index (χ0n) is 15.6. The number of benzene rings is 1. The Morgan fingerprint density at radius 2 is 1.96 bits per heavy atom. The number of carbonyl (C=O) groups excluding carboxylic acids is 2. The molecule has 1 saturated heterocycles. The van der Waals surface area contributed by atoms with Gasteiger partial charge in [0.1, 0.15) is 5.75 Å². The van der Waals surface area contributed by atoms with E-state index in [1.807, 2.05) is 13.8 Å². The molecule has 1 aliphatic heterocycles. The lowest BCUT2D eigenvalue weighted by molar-refractivity contribution is -0.144. The monoisotopic (exact) mass is 383 g/mol. The lowest BCUT2D eigenvalue weighted by Gasteiger charge is -2.36. The number of rotatable bonds is 6. The van der Waals surface area contributed by atoms with Crippen LogP contribution in [0.15, 0.2) is 18.2 Å². The zero-order valence-corrected chi connectivity index (χ0v) is 16.4. The molecule has 1 N–H and O–H groups in total. The SMILES string of the molecule is COc1ccc(Cl)cc1NC(=O)CN(C)CC(=O)N1C[C@H](C)O[C@@H](C)C1. The molecule has 0 radical (unpaired) electrons. The molecule has 2 amide bonds. The van der Waals surface area contributed by atoms with Gasteiger partial charge in [0.15, 0.2) is 0 Å². The second kappa shape index (κ2) is 9.21. The summed E-state index contributed by atoms with van der Waals surface area (Å²) in [6, 6.07) is 5.00. The van der Waals surface area contributed by atoms with Crippen LogP contribution in [0.2, 0.25) is 5.02 Å². The molecule has 144 valence electrons. The van der Waals surface area contributed by atoms with Gasteiger partial charge in [-0.15, -0.1) is 0 Å². The van der Waals surface area contributed by atoms with E-state index >= 15 is 0 Å². The average Bonchev–Trinajstić information content (AvgIpc) is 2.53. The summed E-state index contributed by atoms with van der Waals surface area (Å²) in [7, 11) is 3.26. The lowest BCUT2D eigenvalue weighted by atomic mass is 10.2. The van der Waals surface area contributed by atoms with E-state index in [2.05, 4.69) is 5.32 Å². The topological polar surface area (TPSA) is 71.1 Å². The van der Waals surface area contributed by atoms with E-state index in [9.17, 15) is 9.59 Å². The normalized spacial score (nSPS) is 20.2. The zero-order chi connectivity index (χ0) is 19.3. The summed E-state index contributed by atoms with van der Waals surface area (Å²) >= 11 is 5.96. The van der Waals surface area contributed by atoms with Crippen LogP contribution in [0.4, 0.5) is 5.69 Å². The fourth-order valence-corrected chi connectivity index (χ4v) is 3.15. The van der Waals surface area contributed by atoms with Crippen LogP contribution in [0, 0.1) is 0 Å². The van der Waals surface area contributed by atoms with Gasteiger partial charge >= 0.3 is 0 Å². The Bertz CT molecular complexity index is 645. The summed E-state index contributed by atoms with van der Waals surface area (Å²) in [5, 5.41) is 3.27. The molecule has 1 fully saturated rings. The van der Waals surface area contributed by atoms with Gasteiger partial charge < -0.3 is 19.7 Å². The lowest BCUT2D eigenvalue weighted by Crippen LogP contribution is -2.51. The van der Waals surface area contributed by atoms with E-state index < -0.39 is 0 Å². The number of hydrogen-bond donors (Lipinski definition) is 1. The smallest absolute Gasteiger partial charge is 0.238 e. The Kier molecular flexibility index (Phi) is 7.25. The summed E-state index contributed by atoms with van der Waals surface area (Å²) in [5.41, 5.74) is 0.501. The minimum Gasteiger partial charge on any atom is -0.495 e. The van der Waals surface area contributed by atoms with Crippen LogP contribution in [-0.4, -0.2) is 74.2 Å². The fraction of sp³-hybridized carbons (Fsp3) is 0.556. The van der Waals surface area contributed by atoms with Crippen molar-refractivity contribution in [1.82, 2.24) is 9.80 Å². The van der Waals surface area contributed by atoms with Gasteiger partial charge in [-0.1, -0.05) is 11.6 Å². The first-order valence-corrected chi connectivity index (χ1v) is 8.91. The first kappa shape index (κ1) is 20.5. The molecule has 1 aromatic rings. The molecule has 0 unspecified atom stereocenters. The third-order valence-electron chi connectivity index (χ3n) is 4.03. The van der Waals surface area contributed by atoms with Gasteiger partial charge in [-0.05, 0) is 39.1 Å². The van der Waals surface area contributed by atoms with E-state index in [-0.39, 0.29) is 37.1 Å². The molecule has 2 atom stereocenters. The number of methoxy groups -OCH3 is 1. The molecule has 0 saturated carbocycles. The second-order valence-corrected chi connectivity index (χ2v) is 7.06. The summed E-state index contributed by atoms with van der Waals surface area (Å²) < 4.78 is 10.9. The predicted octanol–water partition coefficient (Wildman–Crippen LogP) is 1.85. The second-order valence-electron chi connectivity index (χ2n) is 6.62. The van der Waals surface area contributed by atoms with Crippen molar-refractivity contribution in [3.8, 4) is 5.75 Å². The molecule has 26 heavy (non-hydrogen) atoms. The number of carbonyl (C=O) groups is 2. The maximum absolute atomic E-state index is 12.4. The number of ether oxygens (including phenoxy) is 2. The maximum atomic E-state index is 12.4. The highest BCUT2D eigenvalue weighted by atomic mass is 35.5. The Morgan fingerprint density at radius 3 is 2.58 bits per heavy atom. The van der Waals surface area contributed by atoms with Crippen molar-refractivity contribution in [3.63, 3.8) is 0 Å². The van der Waals surface area contributed by atoms with Crippen LogP contribution in [0.1, 0.15) is 13.8 Å². The number of nitrogens with one attached hydrogen (secondary N) is 1. The first-order chi connectivity index (χ1) is 12.3. The van der Waals surface area contributed by atoms with Crippen molar-refractivity contribution in [1.29, 1.82) is 0 Å². The number of halogens is 1. The minimum absolute atomic E-state index is 0.0114. The summed E-state index contributed by atoms with van der Waals surface area (Å²) in [5.74, 6) is 0.269. The van der Waals surface area contributed by atoms with E-state index in [1.165, 1.54) is 7.11 Å². The molecule has 1 aromatic carbocycles. The number of likely N-dealkylation sites (N-methyl/N-ethyl adjacent to an activating group) is 1. The van der Waals surface area contributed by atoms with Crippen LogP contribution in [0.3, 0.4) is 0 Å². The van der Waals surface area contributed by atoms with Gasteiger partial charge in [0, 0.05) is 18.1 Å². The summed E-state index contributed by atoms with van der Waals surface area (Å²) in [4.78, 5) is 28.2. The van der Waals surface area contributed by atoms with Crippen LogP contribution in [0.25, 0.3) is 0 Å². The average molecular weight is 384 g/mol. The van der Waals surface area contributed by atoms with Crippen molar-refractivity contribution < 1.29 is 19.1 Å². The molecule has 0 aliphatic carbocycles. The minimum atomic E-state index is -0.246. The molecule has 7 nitrogen and oxygen atoms in total. The summed E-state index contributed by atoms with van der Waals surface area (Å²) in [6.07, 6.45) is 0.0400. The van der Waals surface area contributed by atoms with Gasteiger partial charge in [0.2, 0.25) is 11.8 Å². The quantitative estimate of drug-likeness (QED) is 0.811. The molecule has 1 heterocycles. The van der Waals surface area contributed by atoms with E-state index in [4.69, 9.17) is 21.1 Å². The number of morpholine rings is 1. The molecule has 0 bridgehead atoms. The fourth-order valence-electron chi connectivity index (χ4n) is 2.98. The third-order valence-corrected chi connectivity index (χ3v) is 4.26. The molecule has 0 spiro atoms.